The highest BCUT2D eigenvalue weighted by molar-refractivity contribution is 7.80. The number of carbonyl (C=O) groups is 1. The number of amides is 1. The fourth-order valence-corrected chi connectivity index (χ4v) is 1.02. The van der Waals surface area contributed by atoms with Gasteiger partial charge in [-0.15, -0.1) is 0 Å². The third kappa shape index (κ3) is 7.52. The number of rotatable bonds is 1. The monoisotopic (exact) mass is 204 g/mol. The normalized spacial score (nSPS) is 10.5. The fraction of sp³-hybridized carbons (Fsp3) is 0.750. The summed E-state index contributed by atoms with van der Waals surface area (Å²) in [4.78, 5) is 10.9. The molecule has 1 amide bonds. The van der Waals surface area contributed by atoms with E-state index in [1.807, 2.05) is 20.8 Å². The lowest BCUT2D eigenvalue weighted by Gasteiger charge is -2.22. The Morgan fingerprint density at radius 3 is 2.38 bits per heavy atom. The van der Waals surface area contributed by atoms with E-state index in [1.54, 1.807) is 6.92 Å². The van der Waals surface area contributed by atoms with Crippen LogP contribution in [-0.4, -0.2) is 23.4 Å². The van der Waals surface area contributed by atoms with Crippen LogP contribution in [0, 0.1) is 0 Å². The van der Waals surface area contributed by atoms with E-state index in [-0.39, 0.29) is 10.7 Å². The van der Waals surface area contributed by atoms with Gasteiger partial charge in [0.15, 0.2) is 5.11 Å². The van der Waals surface area contributed by atoms with Gasteiger partial charge in [0.05, 0.1) is 6.61 Å². The van der Waals surface area contributed by atoms with E-state index >= 15 is 0 Å². The molecule has 0 bridgehead atoms. The van der Waals surface area contributed by atoms with Crippen LogP contribution in [0.15, 0.2) is 0 Å². The van der Waals surface area contributed by atoms with Crippen LogP contribution < -0.4 is 10.6 Å². The second kappa shape index (κ2) is 5.01. The number of nitrogens with one attached hydrogen (secondary N) is 2. The van der Waals surface area contributed by atoms with Gasteiger partial charge in [0.1, 0.15) is 0 Å². The molecule has 76 valence electrons. The highest BCUT2D eigenvalue weighted by Gasteiger charge is 2.12. The molecule has 4 nitrogen and oxygen atoms in total. The first-order chi connectivity index (χ1) is 5.85. The van der Waals surface area contributed by atoms with Gasteiger partial charge < -0.3 is 10.1 Å². The van der Waals surface area contributed by atoms with Gasteiger partial charge in [-0.2, -0.15) is 0 Å². The first-order valence-electron chi connectivity index (χ1n) is 4.11. The van der Waals surface area contributed by atoms with Crippen molar-refractivity contribution in [1.82, 2.24) is 10.6 Å². The maximum absolute atomic E-state index is 10.9. The topological polar surface area (TPSA) is 50.4 Å². The SMILES string of the molecule is CCOC(=O)NC(=S)NC(C)(C)C. The molecule has 0 aromatic heterocycles. The van der Waals surface area contributed by atoms with Crippen LogP contribution in [0.4, 0.5) is 4.79 Å². The third-order valence-corrected chi connectivity index (χ3v) is 1.18. The first-order valence-corrected chi connectivity index (χ1v) is 4.52. The van der Waals surface area contributed by atoms with E-state index in [1.165, 1.54) is 0 Å². The van der Waals surface area contributed by atoms with E-state index < -0.39 is 6.09 Å². The Morgan fingerprint density at radius 2 is 2.00 bits per heavy atom. The van der Waals surface area contributed by atoms with Gasteiger partial charge in [-0.05, 0) is 39.9 Å². The molecule has 2 N–H and O–H groups in total. The Bertz CT molecular complexity index is 199. The lowest BCUT2D eigenvalue weighted by molar-refractivity contribution is 0.157. The van der Waals surface area contributed by atoms with Crippen LogP contribution in [0.25, 0.3) is 0 Å². The average molecular weight is 204 g/mol. The zero-order valence-electron chi connectivity index (χ0n) is 8.43. The summed E-state index contributed by atoms with van der Waals surface area (Å²) < 4.78 is 4.65. The maximum Gasteiger partial charge on any atom is 0.413 e. The van der Waals surface area contributed by atoms with Crippen molar-refractivity contribution in [2.45, 2.75) is 33.2 Å². The third-order valence-electron chi connectivity index (χ3n) is 0.980. The van der Waals surface area contributed by atoms with Crippen molar-refractivity contribution in [1.29, 1.82) is 0 Å². The Labute approximate surface area is 84.0 Å². The molecular formula is C8H16N2O2S. The van der Waals surface area contributed by atoms with Gasteiger partial charge in [-0.25, -0.2) is 4.79 Å². The average Bonchev–Trinajstić information content (AvgIpc) is 1.81. The molecule has 0 radical (unpaired) electrons. The van der Waals surface area contributed by atoms with E-state index in [4.69, 9.17) is 12.2 Å². The summed E-state index contributed by atoms with van der Waals surface area (Å²) in [5, 5.41) is 5.61. The number of alkyl carbamates (subject to hydrolysis) is 1. The second-order valence-electron chi connectivity index (χ2n) is 3.55. The molecule has 13 heavy (non-hydrogen) atoms. The zero-order chi connectivity index (χ0) is 10.5. The number of hydrogen-bond donors (Lipinski definition) is 2. The molecule has 0 heterocycles. The number of carbonyl (C=O) groups excluding carboxylic acids is 1. The summed E-state index contributed by atoms with van der Waals surface area (Å²) >= 11 is 4.87. The highest BCUT2D eigenvalue weighted by Crippen LogP contribution is 1.97. The van der Waals surface area contributed by atoms with Gasteiger partial charge in [-0.3, -0.25) is 5.32 Å². The van der Waals surface area contributed by atoms with Crippen LogP contribution in [0.3, 0.4) is 0 Å². The lowest BCUT2D eigenvalue weighted by Crippen LogP contribution is -2.48. The van der Waals surface area contributed by atoms with E-state index in [9.17, 15) is 4.79 Å². The van der Waals surface area contributed by atoms with Gasteiger partial charge in [0.25, 0.3) is 0 Å². The number of hydrogen-bond acceptors (Lipinski definition) is 3. The minimum atomic E-state index is -0.524. The molecule has 0 rings (SSSR count). The number of ether oxygens (including phenoxy) is 1. The van der Waals surface area contributed by atoms with Gasteiger partial charge in [0.2, 0.25) is 0 Å². The summed E-state index contributed by atoms with van der Waals surface area (Å²) in [6.07, 6.45) is -0.524. The second-order valence-corrected chi connectivity index (χ2v) is 3.96. The smallest absolute Gasteiger partial charge is 0.413 e. The molecule has 0 aliphatic rings. The molecular weight excluding hydrogens is 188 g/mol. The predicted octanol–water partition coefficient (Wildman–Crippen LogP) is 1.41. The van der Waals surface area contributed by atoms with Crippen molar-refractivity contribution in [3.05, 3.63) is 0 Å². The molecule has 0 aliphatic heterocycles. The van der Waals surface area contributed by atoms with Crippen LogP contribution >= 0.6 is 12.2 Å². The van der Waals surface area contributed by atoms with E-state index in [2.05, 4.69) is 15.4 Å². The van der Waals surface area contributed by atoms with Crippen molar-refractivity contribution in [2.75, 3.05) is 6.61 Å². The highest BCUT2D eigenvalue weighted by atomic mass is 32.1. The maximum atomic E-state index is 10.9. The van der Waals surface area contributed by atoms with Crippen molar-refractivity contribution >= 4 is 23.4 Å². The molecule has 0 saturated heterocycles. The van der Waals surface area contributed by atoms with Crippen molar-refractivity contribution in [3.63, 3.8) is 0 Å². The Morgan fingerprint density at radius 1 is 1.46 bits per heavy atom. The summed E-state index contributed by atoms with van der Waals surface area (Å²) in [6, 6.07) is 0. The van der Waals surface area contributed by atoms with Crippen LogP contribution in [0.1, 0.15) is 27.7 Å². The van der Waals surface area contributed by atoms with Crippen molar-refractivity contribution in [2.24, 2.45) is 0 Å². The van der Waals surface area contributed by atoms with E-state index in [0.717, 1.165) is 0 Å². The first kappa shape index (κ1) is 12.2. The van der Waals surface area contributed by atoms with Crippen LogP contribution in [0.2, 0.25) is 0 Å². The lowest BCUT2D eigenvalue weighted by atomic mass is 10.1. The molecule has 0 aromatic rings. The van der Waals surface area contributed by atoms with Crippen LogP contribution in [0.5, 0.6) is 0 Å². The minimum Gasteiger partial charge on any atom is -0.450 e. The quantitative estimate of drug-likeness (QED) is 0.634. The summed E-state index contributed by atoms with van der Waals surface area (Å²) in [5.41, 5.74) is -0.156. The fourth-order valence-electron chi connectivity index (χ4n) is 0.632. The van der Waals surface area contributed by atoms with E-state index in [0.29, 0.717) is 6.61 Å². The molecule has 0 unspecified atom stereocenters. The molecule has 0 fully saturated rings. The van der Waals surface area contributed by atoms with Gasteiger partial charge in [0, 0.05) is 5.54 Å². The molecule has 5 heteroatoms. The number of thiocarbonyl (C=S) groups is 1. The summed E-state index contributed by atoms with van der Waals surface area (Å²) in [5.74, 6) is 0. The molecule has 0 atom stereocenters. The Kier molecular flexibility index (Phi) is 4.69. The van der Waals surface area contributed by atoms with Crippen molar-refractivity contribution < 1.29 is 9.53 Å². The zero-order valence-corrected chi connectivity index (χ0v) is 9.25. The van der Waals surface area contributed by atoms with Gasteiger partial charge in [-0.1, -0.05) is 0 Å². The molecule has 0 aromatic carbocycles. The van der Waals surface area contributed by atoms with Gasteiger partial charge >= 0.3 is 6.09 Å². The Balaban J connectivity index is 3.82. The van der Waals surface area contributed by atoms with Crippen molar-refractivity contribution in [3.8, 4) is 0 Å². The standard InChI is InChI=1S/C8H16N2O2S/c1-5-12-7(11)9-6(13)10-8(2,3)4/h5H2,1-4H3,(H2,9,10,11,13). The molecule has 0 aliphatic carbocycles. The van der Waals surface area contributed by atoms with Crippen LogP contribution in [-0.2, 0) is 4.74 Å². The summed E-state index contributed by atoms with van der Waals surface area (Å²) in [6.45, 7) is 7.92. The molecule has 0 saturated carbocycles. The minimum absolute atomic E-state index is 0.156. The molecule has 0 spiro atoms. The Hall–Kier alpha value is -0.840. The predicted molar refractivity (Wildman–Crippen MR) is 55.6 cm³/mol. The largest absolute Gasteiger partial charge is 0.450 e. The summed E-state index contributed by atoms with van der Waals surface area (Å²) in [7, 11) is 0.